The van der Waals surface area contributed by atoms with Gasteiger partial charge in [-0.05, 0) is 39.8 Å². The molecule has 2 amide bonds. The Kier molecular flexibility index (Phi) is 6.60. The topological polar surface area (TPSA) is 75.9 Å². The molecule has 0 saturated carbocycles. The molecule has 1 rings (SSSR count). The zero-order valence-corrected chi connectivity index (χ0v) is 15.0. The van der Waals surface area contributed by atoms with Crippen LogP contribution in [0.5, 0.6) is 0 Å². The monoisotopic (exact) mass is 323 g/mol. The van der Waals surface area contributed by atoms with Gasteiger partial charge in [0.2, 0.25) is 5.91 Å². The first-order valence-corrected chi connectivity index (χ1v) is 7.95. The van der Waals surface area contributed by atoms with Crippen LogP contribution in [0.3, 0.4) is 0 Å². The first-order chi connectivity index (χ1) is 10.5. The fourth-order valence-electron chi connectivity index (χ4n) is 1.95. The Bertz CT molecular complexity index is 497. The van der Waals surface area contributed by atoms with E-state index in [9.17, 15) is 9.59 Å². The van der Waals surface area contributed by atoms with Crippen molar-refractivity contribution in [2.45, 2.75) is 39.3 Å². The number of carbonyl (C=O) groups excluding carboxylic acids is 2. The van der Waals surface area contributed by atoms with Gasteiger partial charge in [-0.15, -0.1) is 0 Å². The standard InChI is InChI=1S/C17H29N3O3/c1-12(2)14(16(18)22)11-23-13-9-20(10-13)15(21)7-8-17(3,4)19(5)6/h12-14H,9-11H2,1-6H3,(H2,18,22)/t14-/m0/s1. The molecule has 6 heteroatoms. The van der Waals surface area contributed by atoms with Crippen molar-refractivity contribution in [1.82, 2.24) is 9.80 Å². The zero-order chi connectivity index (χ0) is 17.8. The van der Waals surface area contributed by atoms with Crippen LogP contribution >= 0.6 is 0 Å². The first-order valence-electron chi connectivity index (χ1n) is 7.95. The van der Waals surface area contributed by atoms with Gasteiger partial charge in [-0.25, -0.2) is 0 Å². The van der Waals surface area contributed by atoms with Gasteiger partial charge in [0.05, 0.1) is 24.2 Å². The van der Waals surface area contributed by atoms with E-state index < -0.39 is 0 Å². The minimum atomic E-state index is -0.345. The highest BCUT2D eigenvalue weighted by Crippen LogP contribution is 2.16. The summed E-state index contributed by atoms with van der Waals surface area (Å²) in [5.74, 6) is 5.00. The molecule has 0 aromatic carbocycles. The molecule has 0 spiro atoms. The van der Waals surface area contributed by atoms with Crippen LogP contribution in [0.25, 0.3) is 0 Å². The van der Waals surface area contributed by atoms with Crippen molar-refractivity contribution in [2.75, 3.05) is 33.8 Å². The van der Waals surface area contributed by atoms with E-state index in [4.69, 9.17) is 10.5 Å². The third kappa shape index (κ3) is 5.52. The number of amides is 2. The number of likely N-dealkylation sites (tertiary alicyclic amines) is 1. The van der Waals surface area contributed by atoms with Crippen LogP contribution in [-0.4, -0.2) is 67.0 Å². The highest BCUT2D eigenvalue weighted by atomic mass is 16.5. The predicted octanol–water partition coefficient (Wildman–Crippen LogP) is 0.315. The minimum Gasteiger partial charge on any atom is -0.374 e. The summed E-state index contributed by atoms with van der Waals surface area (Å²) in [5, 5.41) is 0. The van der Waals surface area contributed by atoms with Crippen LogP contribution in [0.4, 0.5) is 0 Å². The Morgan fingerprint density at radius 1 is 1.35 bits per heavy atom. The average molecular weight is 323 g/mol. The van der Waals surface area contributed by atoms with Crippen molar-refractivity contribution >= 4 is 11.8 Å². The maximum atomic E-state index is 12.0. The lowest BCUT2D eigenvalue weighted by Gasteiger charge is -2.38. The Morgan fingerprint density at radius 3 is 2.35 bits per heavy atom. The third-order valence-corrected chi connectivity index (χ3v) is 4.41. The highest BCUT2D eigenvalue weighted by Gasteiger charge is 2.32. The summed E-state index contributed by atoms with van der Waals surface area (Å²) in [6.07, 6.45) is -0.0387. The molecule has 1 fully saturated rings. The lowest BCUT2D eigenvalue weighted by Crippen LogP contribution is -2.55. The Hall–Kier alpha value is -1.58. The summed E-state index contributed by atoms with van der Waals surface area (Å²) in [4.78, 5) is 26.9. The molecule has 23 heavy (non-hydrogen) atoms. The van der Waals surface area contributed by atoms with Crippen LogP contribution in [0.15, 0.2) is 0 Å². The average Bonchev–Trinajstić information content (AvgIpc) is 2.37. The SMILES string of the molecule is CC(C)[C@H](COC1CN(C(=O)C#CC(C)(C)N(C)C)C1)C(N)=O. The molecule has 0 aromatic heterocycles. The van der Waals surface area contributed by atoms with E-state index in [1.807, 2.05) is 46.7 Å². The summed E-state index contributed by atoms with van der Waals surface area (Å²) in [6, 6.07) is 0. The van der Waals surface area contributed by atoms with Crippen LogP contribution in [0.1, 0.15) is 27.7 Å². The quantitative estimate of drug-likeness (QED) is 0.714. The second-order valence-corrected chi connectivity index (χ2v) is 7.12. The molecule has 1 aliphatic heterocycles. The molecule has 1 atom stereocenters. The van der Waals surface area contributed by atoms with E-state index in [-0.39, 0.29) is 35.3 Å². The van der Waals surface area contributed by atoms with Crippen LogP contribution in [0, 0.1) is 23.7 Å². The fraction of sp³-hybridized carbons (Fsp3) is 0.765. The van der Waals surface area contributed by atoms with Gasteiger partial charge in [-0.2, -0.15) is 0 Å². The van der Waals surface area contributed by atoms with E-state index in [0.29, 0.717) is 19.7 Å². The smallest absolute Gasteiger partial charge is 0.298 e. The molecule has 0 radical (unpaired) electrons. The summed E-state index contributed by atoms with van der Waals surface area (Å²) in [5.41, 5.74) is 5.01. The number of rotatable bonds is 6. The molecule has 2 N–H and O–H groups in total. The number of primary amides is 1. The normalized spacial score (nSPS) is 16.8. The molecule has 1 saturated heterocycles. The molecule has 0 aliphatic carbocycles. The molecule has 6 nitrogen and oxygen atoms in total. The maximum absolute atomic E-state index is 12.0. The molecule has 0 unspecified atom stereocenters. The Balaban J connectivity index is 2.41. The molecule has 0 aromatic rings. The van der Waals surface area contributed by atoms with Crippen molar-refractivity contribution in [3.63, 3.8) is 0 Å². The predicted molar refractivity (Wildman–Crippen MR) is 89.4 cm³/mol. The molecule has 1 aliphatic rings. The van der Waals surface area contributed by atoms with Crippen molar-refractivity contribution in [3.8, 4) is 11.8 Å². The lowest BCUT2D eigenvalue weighted by molar-refractivity contribution is -0.143. The van der Waals surface area contributed by atoms with Crippen molar-refractivity contribution < 1.29 is 14.3 Å². The van der Waals surface area contributed by atoms with Crippen molar-refractivity contribution in [2.24, 2.45) is 17.6 Å². The molecular weight excluding hydrogens is 294 g/mol. The molecule has 0 bridgehead atoms. The fourth-order valence-corrected chi connectivity index (χ4v) is 1.95. The van der Waals surface area contributed by atoms with Gasteiger partial charge in [0.1, 0.15) is 0 Å². The number of carbonyl (C=O) groups is 2. The zero-order valence-electron chi connectivity index (χ0n) is 15.0. The molecule has 1 heterocycles. The summed E-state index contributed by atoms with van der Waals surface area (Å²) in [6.45, 7) is 9.14. The second-order valence-electron chi connectivity index (χ2n) is 7.12. The Morgan fingerprint density at radius 2 is 1.91 bits per heavy atom. The van der Waals surface area contributed by atoms with E-state index in [1.165, 1.54) is 0 Å². The van der Waals surface area contributed by atoms with Gasteiger partial charge >= 0.3 is 0 Å². The minimum absolute atomic E-state index is 0.0387. The maximum Gasteiger partial charge on any atom is 0.298 e. The van der Waals surface area contributed by atoms with Crippen LogP contribution < -0.4 is 5.73 Å². The van der Waals surface area contributed by atoms with Gasteiger partial charge in [0.15, 0.2) is 0 Å². The summed E-state index contributed by atoms with van der Waals surface area (Å²) in [7, 11) is 3.85. The third-order valence-electron chi connectivity index (χ3n) is 4.41. The van der Waals surface area contributed by atoms with Gasteiger partial charge in [0.25, 0.3) is 5.91 Å². The molecular formula is C17H29N3O3. The second kappa shape index (κ2) is 7.80. The number of nitrogens with zero attached hydrogens (tertiary/aromatic N) is 2. The lowest BCUT2D eigenvalue weighted by atomic mass is 9.96. The van der Waals surface area contributed by atoms with Gasteiger partial charge in [-0.3, -0.25) is 14.5 Å². The van der Waals surface area contributed by atoms with E-state index in [0.717, 1.165) is 0 Å². The number of ether oxygens (including phenoxy) is 1. The largest absolute Gasteiger partial charge is 0.374 e. The highest BCUT2D eigenvalue weighted by molar-refractivity contribution is 5.94. The van der Waals surface area contributed by atoms with Crippen LogP contribution in [0.2, 0.25) is 0 Å². The van der Waals surface area contributed by atoms with Gasteiger partial charge in [0, 0.05) is 13.1 Å². The van der Waals surface area contributed by atoms with E-state index >= 15 is 0 Å². The van der Waals surface area contributed by atoms with E-state index in [2.05, 4.69) is 11.8 Å². The van der Waals surface area contributed by atoms with Crippen LogP contribution in [-0.2, 0) is 14.3 Å². The molecule has 130 valence electrons. The Labute approximate surface area is 139 Å². The van der Waals surface area contributed by atoms with Crippen molar-refractivity contribution in [3.05, 3.63) is 0 Å². The van der Waals surface area contributed by atoms with Gasteiger partial charge < -0.3 is 15.4 Å². The van der Waals surface area contributed by atoms with E-state index in [1.54, 1.807) is 4.90 Å². The number of hydrogen-bond acceptors (Lipinski definition) is 4. The number of nitrogens with two attached hydrogens (primary N) is 1. The van der Waals surface area contributed by atoms with Gasteiger partial charge in [-0.1, -0.05) is 19.8 Å². The number of hydrogen-bond donors (Lipinski definition) is 1. The first kappa shape index (κ1) is 19.5. The summed E-state index contributed by atoms with van der Waals surface area (Å²) < 4.78 is 5.68. The summed E-state index contributed by atoms with van der Waals surface area (Å²) >= 11 is 0. The van der Waals surface area contributed by atoms with Crippen molar-refractivity contribution in [1.29, 1.82) is 0 Å².